The molecule has 1 unspecified atom stereocenters. The minimum atomic E-state index is -0.252. The van der Waals surface area contributed by atoms with Crippen LogP contribution in [-0.2, 0) is 0 Å². The normalized spacial score (nSPS) is 14.0. The fourth-order valence-corrected chi connectivity index (χ4v) is 2.50. The standard InChI is InChI=1S/C19H23FN2/c1-4-6-9-14(8-5-2)15-12-16-17(20)10-7-11-18(16)22-19(15)13(3)21/h5,7-13H,4,6,21H2,1-3H3/b8-5-,14-9+. The van der Waals surface area contributed by atoms with Gasteiger partial charge in [0.1, 0.15) is 5.82 Å². The summed E-state index contributed by atoms with van der Waals surface area (Å²) in [5, 5.41) is 0.536. The third-order valence-electron chi connectivity index (χ3n) is 3.58. The number of fused-ring (bicyclic) bond motifs is 1. The number of nitrogens with zero attached hydrogens (tertiary/aromatic N) is 1. The monoisotopic (exact) mass is 298 g/mol. The van der Waals surface area contributed by atoms with Gasteiger partial charge in [0, 0.05) is 17.0 Å². The third kappa shape index (κ3) is 3.42. The molecule has 2 nitrogen and oxygen atoms in total. The third-order valence-corrected chi connectivity index (χ3v) is 3.58. The summed E-state index contributed by atoms with van der Waals surface area (Å²) in [6.07, 6.45) is 8.20. The van der Waals surface area contributed by atoms with E-state index in [1.165, 1.54) is 6.07 Å². The average Bonchev–Trinajstić information content (AvgIpc) is 2.50. The highest BCUT2D eigenvalue weighted by atomic mass is 19.1. The minimum Gasteiger partial charge on any atom is -0.323 e. The molecule has 22 heavy (non-hydrogen) atoms. The number of unbranched alkanes of at least 4 members (excludes halogenated alkanes) is 1. The van der Waals surface area contributed by atoms with E-state index in [-0.39, 0.29) is 11.9 Å². The first-order chi connectivity index (χ1) is 10.6. The number of allylic oxidation sites excluding steroid dienone is 4. The Morgan fingerprint density at radius 3 is 2.82 bits per heavy atom. The molecule has 0 bridgehead atoms. The van der Waals surface area contributed by atoms with Gasteiger partial charge in [0.15, 0.2) is 0 Å². The Morgan fingerprint density at radius 2 is 2.18 bits per heavy atom. The largest absolute Gasteiger partial charge is 0.323 e. The highest BCUT2D eigenvalue weighted by Gasteiger charge is 2.14. The van der Waals surface area contributed by atoms with Crippen LogP contribution >= 0.6 is 0 Å². The van der Waals surface area contributed by atoms with Crippen molar-refractivity contribution < 1.29 is 4.39 Å². The van der Waals surface area contributed by atoms with Crippen LogP contribution in [0.3, 0.4) is 0 Å². The van der Waals surface area contributed by atoms with Gasteiger partial charge in [-0.2, -0.15) is 0 Å². The quantitative estimate of drug-likeness (QED) is 0.775. The lowest BCUT2D eigenvalue weighted by atomic mass is 9.97. The van der Waals surface area contributed by atoms with E-state index in [0.717, 1.165) is 29.7 Å². The molecule has 1 atom stereocenters. The summed E-state index contributed by atoms with van der Waals surface area (Å²) in [6.45, 7) is 6.01. The lowest BCUT2D eigenvalue weighted by Crippen LogP contribution is -2.11. The van der Waals surface area contributed by atoms with Gasteiger partial charge in [-0.25, -0.2) is 4.39 Å². The van der Waals surface area contributed by atoms with Gasteiger partial charge in [0.2, 0.25) is 0 Å². The van der Waals surface area contributed by atoms with Crippen LogP contribution in [0, 0.1) is 5.82 Å². The Kier molecular flexibility index (Phi) is 5.45. The van der Waals surface area contributed by atoms with Crippen LogP contribution in [0.2, 0.25) is 0 Å². The summed E-state index contributed by atoms with van der Waals surface area (Å²) in [5.41, 5.74) is 9.51. The van der Waals surface area contributed by atoms with Crippen LogP contribution < -0.4 is 5.73 Å². The van der Waals surface area contributed by atoms with Gasteiger partial charge in [-0.05, 0) is 44.0 Å². The van der Waals surface area contributed by atoms with E-state index in [4.69, 9.17) is 5.73 Å². The molecular formula is C19H23FN2. The predicted molar refractivity (Wildman–Crippen MR) is 92.0 cm³/mol. The fraction of sp³-hybridized carbons (Fsp3) is 0.316. The van der Waals surface area contributed by atoms with Crippen LogP contribution in [0.4, 0.5) is 4.39 Å². The number of nitrogens with two attached hydrogens (primary N) is 1. The van der Waals surface area contributed by atoms with E-state index in [2.05, 4.69) is 18.0 Å². The zero-order chi connectivity index (χ0) is 16.1. The van der Waals surface area contributed by atoms with Crippen molar-refractivity contribution in [3.63, 3.8) is 0 Å². The smallest absolute Gasteiger partial charge is 0.132 e. The van der Waals surface area contributed by atoms with Gasteiger partial charge in [0.05, 0.1) is 11.2 Å². The molecule has 0 aliphatic rings. The molecule has 1 heterocycles. The molecule has 2 rings (SSSR count). The SMILES string of the molecule is C/C=C\C(=C/CCC)c1cc2c(F)cccc2nc1C(C)N. The second kappa shape index (κ2) is 7.32. The van der Waals surface area contributed by atoms with E-state index in [0.29, 0.717) is 10.9 Å². The van der Waals surface area contributed by atoms with Gasteiger partial charge in [0.25, 0.3) is 0 Å². The molecule has 1 aromatic heterocycles. The molecule has 1 aromatic carbocycles. The summed E-state index contributed by atoms with van der Waals surface area (Å²) in [6, 6.07) is 6.62. The van der Waals surface area contributed by atoms with Crippen LogP contribution in [0.5, 0.6) is 0 Å². The van der Waals surface area contributed by atoms with E-state index in [9.17, 15) is 4.39 Å². The van der Waals surface area contributed by atoms with Gasteiger partial charge in [-0.15, -0.1) is 0 Å². The Labute approximate surface area is 131 Å². The molecular weight excluding hydrogens is 275 g/mol. The zero-order valence-corrected chi connectivity index (χ0v) is 13.4. The first-order valence-electron chi connectivity index (χ1n) is 7.76. The highest BCUT2D eigenvalue weighted by Crippen LogP contribution is 2.29. The average molecular weight is 298 g/mol. The molecule has 3 heteroatoms. The maximum absolute atomic E-state index is 14.1. The van der Waals surface area contributed by atoms with Crippen molar-refractivity contribution in [2.75, 3.05) is 0 Å². The number of hydrogen-bond donors (Lipinski definition) is 1. The number of rotatable bonds is 5. The molecule has 116 valence electrons. The summed E-state index contributed by atoms with van der Waals surface area (Å²) >= 11 is 0. The molecule has 0 radical (unpaired) electrons. The molecule has 0 amide bonds. The minimum absolute atomic E-state index is 0.210. The number of hydrogen-bond acceptors (Lipinski definition) is 2. The summed E-state index contributed by atoms with van der Waals surface area (Å²) in [4.78, 5) is 4.61. The van der Waals surface area contributed by atoms with Crippen LogP contribution in [-0.4, -0.2) is 4.98 Å². The molecule has 0 spiro atoms. The lowest BCUT2D eigenvalue weighted by molar-refractivity contribution is 0.639. The van der Waals surface area contributed by atoms with Gasteiger partial charge in [-0.3, -0.25) is 4.98 Å². The number of aromatic nitrogens is 1. The second-order valence-electron chi connectivity index (χ2n) is 5.46. The van der Waals surface area contributed by atoms with Gasteiger partial charge in [-0.1, -0.05) is 37.6 Å². The van der Waals surface area contributed by atoms with E-state index in [1.54, 1.807) is 6.07 Å². The first kappa shape index (κ1) is 16.4. The molecule has 0 aliphatic carbocycles. The van der Waals surface area contributed by atoms with Crippen molar-refractivity contribution in [3.05, 3.63) is 59.6 Å². The van der Waals surface area contributed by atoms with E-state index >= 15 is 0 Å². The summed E-state index contributed by atoms with van der Waals surface area (Å²) in [7, 11) is 0. The van der Waals surface area contributed by atoms with Crippen LogP contribution in [0.1, 0.15) is 50.9 Å². The lowest BCUT2D eigenvalue weighted by Gasteiger charge is -2.15. The summed E-state index contributed by atoms with van der Waals surface area (Å²) < 4.78 is 14.1. The molecule has 0 saturated heterocycles. The zero-order valence-electron chi connectivity index (χ0n) is 13.4. The maximum Gasteiger partial charge on any atom is 0.132 e. The maximum atomic E-state index is 14.1. The Balaban J connectivity index is 2.73. The highest BCUT2D eigenvalue weighted by molar-refractivity contribution is 5.86. The summed E-state index contributed by atoms with van der Waals surface area (Å²) in [5.74, 6) is -0.252. The van der Waals surface area contributed by atoms with Gasteiger partial charge < -0.3 is 5.73 Å². The number of pyridine rings is 1. The van der Waals surface area contributed by atoms with Crippen molar-refractivity contribution >= 4 is 16.5 Å². The predicted octanol–water partition coefficient (Wildman–Crippen LogP) is 5.15. The topological polar surface area (TPSA) is 38.9 Å². The molecule has 0 aliphatic heterocycles. The van der Waals surface area contributed by atoms with Crippen LogP contribution in [0.25, 0.3) is 16.5 Å². The van der Waals surface area contributed by atoms with Crippen molar-refractivity contribution in [1.29, 1.82) is 0 Å². The van der Waals surface area contributed by atoms with E-state index in [1.807, 2.05) is 38.1 Å². The number of halogens is 1. The van der Waals surface area contributed by atoms with Crippen molar-refractivity contribution in [1.82, 2.24) is 4.98 Å². The molecule has 0 saturated carbocycles. The van der Waals surface area contributed by atoms with Crippen molar-refractivity contribution in [2.24, 2.45) is 5.73 Å². The number of benzene rings is 1. The molecule has 2 N–H and O–H groups in total. The van der Waals surface area contributed by atoms with Crippen LogP contribution in [0.15, 0.2) is 42.5 Å². The van der Waals surface area contributed by atoms with Gasteiger partial charge >= 0.3 is 0 Å². The Morgan fingerprint density at radius 1 is 1.41 bits per heavy atom. The van der Waals surface area contributed by atoms with Crippen molar-refractivity contribution in [3.8, 4) is 0 Å². The first-order valence-corrected chi connectivity index (χ1v) is 7.76. The van der Waals surface area contributed by atoms with Crippen molar-refractivity contribution in [2.45, 2.75) is 39.7 Å². The van der Waals surface area contributed by atoms with E-state index < -0.39 is 0 Å². The second-order valence-corrected chi connectivity index (χ2v) is 5.46. The Bertz CT molecular complexity index is 715. The Hall–Kier alpha value is -2.00. The fourth-order valence-electron chi connectivity index (χ4n) is 2.50. The molecule has 0 fully saturated rings. The molecule has 2 aromatic rings.